The second-order valence-corrected chi connectivity index (χ2v) is 7.98. The summed E-state index contributed by atoms with van der Waals surface area (Å²) in [5, 5.41) is 7.86. The van der Waals surface area contributed by atoms with E-state index in [-0.39, 0.29) is 11.9 Å². The molecule has 122 valence electrons. The van der Waals surface area contributed by atoms with Crippen molar-refractivity contribution in [3.8, 4) is 0 Å². The maximum atomic E-state index is 12.7. The minimum Gasteiger partial charge on any atom is -0.386 e. The number of likely N-dealkylation sites (tertiary alicyclic amines) is 1. The number of nitrogens with zero attached hydrogens (tertiary/aromatic N) is 2. The molecule has 4 N–H and O–H groups in total. The van der Waals surface area contributed by atoms with Crippen LogP contribution in [0, 0.1) is 5.41 Å². The molecule has 0 amide bonds. The summed E-state index contributed by atoms with van der Waals surface area (Å²) in [5.41, 5.74) is 4.81. The summed E-state index contributed by atoms with van der Waals surface area (Å²) in [6.07, 6.45) is 3.92. The highest BCUT2D eigenvalue weighted by molar-refractivity contribution is 7.87. The van der Waals surface area contributed by atoms with Crippen LogP contribution in [-0.2, 0) is 10.2 Å². The predicted molar refractivity (Wildman–Crippen MR) is 83.5 cm³/mol. The first-order chi connectivity index (χ1) is 9.77. The van der Waals surface area contributed by atoms with Crippen LogP contribution in [0.4, 0.5) is 0 Å². The molecule has 2 fully saturated rings. The van der Waals surface area contributed by atoms with Crippen LogP contribution in [-0.4, -0.2) is 61.7 Å². The van der Waals surface area contributed by atoms with Crippen molar-refractivity contribution in [3.05, 3.63) is 0 Å². The third-order valence-corrected chi connectivity index (χ3v) is 6.54. The SMILES string of the molecule is CC1CCCCN1S(=O)(=O)NC1(C(=N)N)CCN(C)CC1. The van der Waals surface area contributed by atoms with Crippen molar-refractivity contribution in [2.24, 2.45) is 5.73 Å². The van der Waals surface area contributed by atoms with Crippen LogP contribution in [0.1, 0.15) is 39.0 Å². The first kappa shape index (κ1) is 16.7. The van der Waals surface area contributed by atoms with Crippen LogP contribution in [0.25, 0.3) is 0 Å². The molecule has 1 atom stereocenters. The summed E-state index contributed by atoms with van der Waals surface area (Å²) in [7, 11) is -1.62. The minimum atomic E-state index is -3.61. The Bertz CT molecular complexity index is 485. The van der Waals surface area contributed by atoms with Crippen molar-refractivity contribution >= 4 is 16.0 Å². The van der Waals surface area contributed by atoms with E-state index >= 15 is 0 Å². The third kappa shape index (κ3) is 3.56. The van der Waals surface area contributed by atoms with Crippen molar-refractivity contribution in [1.29, 1.82) is 5.41 Å². The molecule has 2 aliphatic rings. The molecule has 7 nitrogen and oxygen atoms in total. The maximum absolute atomic E-state index is 12.7. The molecule has 2 rings (SSSR count). The smallest absolute Gasteiger partial charge is 0.280 e. The van der Waals surface area contributed by atoms with Gasteiger partial charge in [0.05, 0.1) is 5.54 Å². The summed E-state index contributed by atoms with van der Waals surface area (Å²) in [6.45, 7) is 3.95. The van der Waals surface area contributed by atoms with Gasteiger partial charge in [0.2, 0.25) is 0 Å². The van der Waals surface area contributed by atoms with Crippen molar-refractivity contribution in [2.75, 3.05) is 26.7 Å². The molecular formula is C13H27N5O2S. The Balaban J connectivity index is 2.18. The number of rotatable bonds is 4. The number of nitrogens with two attached hydrogens (primary N) is 1. The zero-order valence-electron chi connectivity index (χ0n) is 12.9. The Kier molecular flexibility index (Phi) is 4.92. The first-order valence-corrected chi connectivity index (χ1v) is 9.05. The predicted octanol–water partition coefficient (Wildman–Crippen LogP) is 0.0956. The molecule has 8 heteroatoms. The highest BCUT2D eigenvalue weighted by atomic mass is 32.2. The summed E-state index contributed by atoms with van der Waals surface area (Å²) < 4.78 is 29.7. The van der Waals surface area contributed by atoms with Gasteiger partial charge in [-0.25, -0.2) is 0 Å². The van der Waals surface area contributed by atoms with E-state index in [0.717, 1.165) is 32.4 Å². The monoisotopic (exact) mass is 317 g/mol. The fourth-order valence-corrected chi connectivity index (χ4v) is 5.03. The molecule has 0 bridgehead atoms. The lowest BCUT2D eigenvalue weighted by Gasteiger charge is -2.42. The highest BCUT2D eigenvalue weighted by Gasteiger charge is 2.43. The second-order valence-electron chi connectivity index (χ2n) is 6.36. The summed E-state index contributed by atoms with van der Waals surface area (Å²) >= 11 is 0. The van der Waals surface area contributed by atoms with Crippen molar-refractivity contribution < 1.29 is 8.42 Å². The van der Waals surface area contributed by atoms with Gasteiger partial charge in [0.1, 0.15) is 5.84 Å². The quantitative estimate of drug-likeness (QED) is 0.505. The molecule has 0 aromatic carbocycles. The van der Waals surface area contributed by atoms with Crippen molar-refractivity contribution in [2.45, 2.75) is 50.6 Å². The van der Waals surface area contributed by atoms with Gasteiger partial charge in [-0.05, 0) is 39.7 Å². The molecule has 0 saturated carbocycles. The largest absolute Gasteiger partial charge is 0.386 e. The molecule has 0 radical (unpaired) electrons. The maximum Gasteiger partial charge on any atom is 0.280 e. The number of hydrogen-bond donors (Lipinski definition) is 3. The van der Waals surface area contributed by atoms with Gasteiger partial charge in [0.15, 0.2) is 0 Å². The number of hydrogen-bond acceptors (Lipinski definition) is 4. The van der Waals surface area contributed by atoms with E-state index in [0.29, 0.717) is 19.4 Å². The van der Waals surface area contributed by atoms with Crippen LogP contribution in [0.5, 0.6) is 0 Å². The Morgan fingerprint density at radius 2 is 1.90 bits per heavy atom. The van der Waals surface area contributed by atoms with Gasteiger partial charge in [-0.15, -0.1) is 0 Å². The minimum absolute atomic E-state index is 0.00604. The van der Waals surface area contributed by atoms with Crippen LogP contribution >= 0.6 is 0 Å². The molecular weight excluding hydrogens is 290 g/mol. The molecule has 1 unspecified atom stereocenters. The Labute approximate surface area is 127 Å². The van der Waals surface area contributed by atoms with Gasteiger partial charge in [0.25, 0.3) is 10.2 Å². The molecule has 2 saturated heterocycles. The highest BCUT2D eigenvalue weighted by Crippen LogP contribution is 2.26. The fourth-order valence-electron chi connectivity index (χ4n) is 3.16. The molecule has 0 aromatic heterocycles. The standard InChI is InChI=1S/C13H27N5O2S/c1-11-5-3-4-8-18(11)21(19,20)16-13(12(14)15)6-9-17(2)10-7-13/h11,16H,3-10H2,1-2H3,(H3,14,15). The first-order valence-electron chi connectivity index (χ1n) is 7.61. The Morgan fingerprint density at radius 1 is 1.29 bits per heavy atom. The topological polar surface area (TPSA) is 103 Å². The van der Waals surface area contributed by atoms with Gasteiger partial charge in [-0.3, -0.25) is 5.41 Å². The van der Waals surface area contributed by atoms with E-state index in [9.17, 15) is 8.42 Å². The normalized spacial score (nSPS) is 28.4. The van der Waals surface area contributed by atoms with Crippen molar-refractivity contribution in [1.82, 2.24) is 13.9 Å². The average Bonchev–Trinajstić information content (AvgIpc) is 2.41. The average molecular weight is 317 g/mol. The van der Waals surface area contributed by atoms with Gasteiger partial charge >= 0.3 is 0 Å². The second kappa shape index (κ2) is 6.20. The van der Waals surface area contributed by atoms with E-state index in [1.807, 2.05) is 14.0 Å². The fraction of sp³-hybridized carbons (Fsp3) is 0.923. The zero-order chi connectivity index (χ0) is 15.7. The van der Waals surface area contributed by atoms with Gasteiger partial charge < -0.3 is 10.6 Å². The summed E-state index contributed by atoms with van der Waals surface area (Å²) in [6, 6.07) is 0.00604. The van der Waals surface area contributed by atoms with Crippen molar-refractivity contribution in [3.63, 3.8) is 0 Å². The van der Waals surface area contributed by atoms with Gasteiger partial charge in [-0.2, -0.15) is 17.4 Å². The van der Waals surface area contributed by atoms with E-state index in [2.05, 4.69) is 9.62 Å². The van der Waals surface area contributed by atoms with E-state index in [1.54, 1.807) is 0 Å². The Morgan fingerprint density at radius 3 is 2.43 bits per heavy atom. The number of nitrogens with one attached hydrogen (secondary N) is 2. The van der Waals surface area contributed by atoms with E-state index in [4.69, 9.17) is 11.1 Å². The molecule has 0 aromatic rings. The van der Waals surface area contributed by atoms with Crippen LogP contribution in [0.15, 0.2) is 0 Å². The molecule has 2 heterocycles. The van der Waals surface area contributed by atoms with E-state index in [1.165, 1.54) is 4.31 Å². The molecule has 0 spiro atoms. The Hall–Kier alpha value is -0.700. The lowest BCUT2D eigenvalue weighted by molar-refractivity contribution is 0.210. The van der Waals surface area contributed by atoms with Crippen LogP contribution in [0.2, 0.25) is 0 Å². The van der Waals surface area contributed by atoms with Crippen LogP contribution < -0.4 is 10.5 Å². The van der Waals surface area contributed by atoms with Crippen LogP contribution in [0.3, 0.4) is 0 Å². The third-order valence-electron chi connectivity index (χ3n) is 4.73. The van der Waals surface area contributed by atoms with Gasteiger partial charge in [-0.1, -0.05) is 6.42 Å². The lowest BCUT2D eigenvalue weighted by Crippen LogP contribution is -2.64. The molecule has 21 heavy (non-hydrogen) atoms. The van der Waals surface area contributed by atoms with E-state index < -0.39 is 15.7 Å². The zero-order valence-corrected chi connectivity index (χ0v) is 13.7. The summed E-state index contributed by atoms with van der Waals surface area (Å²) in [4.78, 5) is 2.12. The molecule has 0 aliphatic carbocycles. The number of piperidine rings is 2. The van der Waals surface area contributed by atoms with Gasteiger partial charge in [0, 0.05) is 25.7 Å². The lowest BCUT2D eigenvalue weighted by atomic mass is 9.88. The summed E-state index contributed by atoms with van der Waals surface area (Å²) in [5.74, 6) is -0.0798. The molecule has 2 aliphatic heterocycles. The number of amidine groups is 1.